The van der Waals surface area contributed by atoms with Gasteiger partial charge in [0.25, 0.3) is 0 Å². The summed E-state index contributed by atoms with van der Waals surface area (Å²) >= 11 is 5.82. The summed E-state index contributed by atoms with van der Waals surface area (Å²) in [5.74, 6) is -0.177. The maximum absolute atomic E-state index is 10.7. The van der Waals surface area contributed by atoms with Crippen LogP contribution in [0.15, 0.2) is 18.2 Å². The molecule has 0 spiro atoms. The number of nitrogens with two attached hydrogens (primary N) is 1. The second kappa shape index (κ2) is 6.58. The van der Waals surface area contributed by atoms with Crippen molar-refractivity contribution >= 4 is 23.2 Å². The van der Waals surface area contributed by atoms with Crippen LogP contribution in [-0.4, -0.2) is 28.8 Å². The van der Waals surface area contributed by atoms with Gasteiger partial charge in [0.1, 0.15) is 6.10 Å². The van der Waals surface area contributed by atoms with Crippen LogP contribution in [0.25, 0.3) is 0 Å². The number of anilines is 1. The zero-order chi connectivity index (χ0) is 13.7. The quantitative estimate of drug-likeness (QED) is 0.598. The number of nitrogens with one attached hydrogen (secondary N) is 1. The first-order valence-electron chi connectivity index (χ1n) is 5.56. The molecule has 0 aliphatic carbocycles. The molecule has 0 bridgehead atoms. The SMILES string of the molecule is CC(=O)NCCC(O)C(O)c1cc(N)cc(Cl)c1. The third-order valence-corrected chi connectivity index (χ3v) is 2.68. The number of aliphatic hydroxyl groups excluding tert-OH is 2. The minimum atomic E-state index is -1.08. The Bertz CT molecular complexity index is 406. The van der Waals surface area contributed by atoms with Crippen molar-refractivity contribution < 1.29 is 15.0 Å². The third kappa shape index (κ3) is 4.52. The molecule has 0 saturated carbocycles. The van der Waals surface area contributed by atoms with Crippen LogP contribution in [0.4, 0.5) is 5.69 Å². The number of halogens is 1. The van der Waals surface area contributed by atoms with Crippen molar-refractivity contribution in [1.29, 1.82) is 0 Å². The molecule has 18 heavy (non-hydrogen) atoms. The molecule has 1 aromatic carbocycles. The first-order valence-corrected chi connectivity index (χ1v) is 5.94. The number of carbonyl (C=O) groups excluding carboxylic acids is 1. The zero-order valence-corrected chi connectivity index (χ0v) is 10.8. The molecule has 1 rings (SSSR count). The summed E-state index contributed by atoms with van der Waals surface area (Å²) in [6.07, 6.45) is -1.83. The fourth-order valence-electron chi connectivity index (χ4n) is 1.58. The van der Waals surface area contributed by atoms with Gasteiger partial charge in [0, 0.05) is 24.2 Å². The Balaban J connectivity index is 2.62. The number of hydrogen-bond acceptors (Lipinski definition) is 4. The molecular weight excluding hydrogens is 256 g/mol. The summed E-state index contributed by atoms with van der Waals surface area (Å²) in [7, 11) is 0. The number of hydrogen-bond donors (Lipinski definition) is 4. The van der Waals surface area contributed by atoms with Crippen molar-refractivity contribution in [2.75, 3.05) is 12.3 Å². The van der Waals surface area contributed by atoms with E-state index in [0.29, 0.717) is 22.8 Å². The number of carbonyl (C=O) groups is 1. The largest absolute Gasteiger partial charge is 0.399 e. The highest BCUT2D eigenvalue weighted by atomic mass is 35.5. The summed E-state index contributed by atoms with van der Waals surface area (Å²) < 4.78 is 0. The van der Waals surface area contributed by atoms with Gasteiger partial charge in [-0.2, -0.15) is 0 Å². The third-order valence-electron chi connectivity index (χ3n) is 2.46. The van der Waals surface area contributed by atoms with E-state index in [-0.39, 0.29) is 12.3 Å². The van der Waals surface area contributed by atoms with Crippen molar-refractivity contribution in [1.82, 2.24) is 5.32 Å². The average molecular weight is 273 g/mol. The molecule has 100 valence electrons. The summed E-state index contributed by atoms with van der Waals surface area (Å²) in [6.45, 7) is 1.68. The minimum Gasteiger partial charge on any atom is -0.399 e. The molecule has 0 aromatic heterocycles. The number of nitrogen functional groups attached to an aromatic ring is 1. The van der Waals surface area contributed by atoms with E-state index in [0.717, 1.165) is 0 Å². The van der Waals surface area contributed by atoms with E-state index in [1.807, 2.05) is 0 Å². The Hall–Kier alpha value is -1.30. The van der Waals surface area contributed by atoms with E-state index < -0.39 is 12.2 Å². The number of aliphatic hydroxyl groups is 2. The van der Waals surface area contributed by atoms with Crippen LogP contribution in [0.2, 0.25) is 5.02 Å². The minimum absolute atomic E-state index is 0.177. The lowest BCUT2D eigenvalue weighted by molar-refractivity contribution is -0.119. The van der Waals surface area contributed by atoms with Crippen LogP contribution < -0.4 is 11.1 Å². The summed E-state index contributed by atoms with van der Waals surface area (Å²) in [6, 6.07) is 4.66. The normalized spacial score (nSPS) is 14.0. The molecule has 0 radical (unpaired) electrons. The fraction of sp³-hybridized carbons (Fsp3) is 0.417. The van der Waals surface area contributed by atoms with E-state index in [2.05, 4.69) is 5.32 Å². The van der Waals surface area contributed by atoms with E-state index >= 15 is 0 Å². The Morgan fingerprint density at radius 3 is 2.67 bits per heavy atom. The number of rotatable bonds is 5. The van der Waals surface area contributed by atoms with E-state index in [4.69, 9.17) is 17.3 Å². The number of benzene rings is 1. The van der Waals surface area contributed by atoms with Crippen molar-refractivity contribution in [2.24, 2.45) is 0 Å². The van der Waals surface area contributed by atoms with Gasteiger partial charge in [-0.1, -0.05) is 11.6 Å². The molecule has 2 unspecified atom stereocenters. The second-order valence-electron chi connectivity index (χ2n) is 4.10. The van der Waals surface area contributed by atoms with Crippen LogP contribution in [0.3, 0.4) is 0 Å². The standard InChI is InChI=1S/C12H17ClN2O3/c1-7(16)15-3-2-11(17)12(18)8-4-9(13)6-10(14)5-8/h4-6,11-12,17-18H,2-3,14H2,1H3,(H,15,16). The highest BCUT2D eigenvalue weighted by molar-refractivity contribution is 6.30. The Labute approximate surface area is 111 Å². The van der Waals surface area contributed by atoms with E-state index in [9.17, 15) is 15.0 Å². The predicted molar refractivity (Wildman–Crippen MR) is 70.1 cm³/mol. The molecule has 0 fully saturated rings. The van der Waals surface area contributed by atoms with Crippen LogP contribution in [0.5, 0.6) is 0 Å². The van der Waals surface area contributed by atoms with Gasteiger partial charge in [-0.3, -0.25) is 4.79 Å². The zero-order valence-electron chi connectivity index (χ0n) is 10.1. The Morgan fingerprint density at radius 1 is 1.44 bits per heavy atom. The highest BCUT2D eigenvalue weighted by Crippen LogP contribution is 2.24. The van der Waals surface area contributed by atoms with Crippen molar-refractivity contribution in [3.8, 4) is 0 Å². The molecule has 1 aromatic rings. The molecule has 5 nitrogen and oxygen atoms in total. The maximum atomic E-state index is 10.7. The molecule has 0 aliphatic rings. The second-order valence-corrected chi connectivity index (χ2v) is 4.54. The first kappa shape index (κ1) is 14.8. The Morgan fingerprint density at radius 2 is 2.11 bits per heavy atom. The van der Waals surface area contributed by atoms with Crippen LogP contribution in [0.1, 0.15) is 25.0 Å². The van der Waals surface area contributed by atoms with Crippen LogP contribution in [-0.2, 0) is 4.79 Å². The lowest BCUT2D eigenvalue weighted by atomic mass is 10.0. The highest BCUT2D eigenvalue weighted by Gasteiger charge is 2.18. The number of amides is 1. The van der Waals surface area contributed by atoms with Crippen molar-refractivity contribution in [2.45, 2.75) is 25.6 Å². The molecule has 2 atom stereocenters. The lowest BCUT2D eigenvalue weighted by Gasteiger charge is -2.18. The lowest BCUT2D eigenvalue weighted by Crippen LogP contribution is -2.27. The predicted octanol–water partition coefficient (Wildman–Crippen LogP) is 0.843. The van der Waals surface area contributed by atoms with Gasteiger partial charge < -0.3 is 21.3 Å². The molecule has 0 aliphatic heterocycles. The topological polar surface area (TPSA) is 95.6 Å². The average Bonchev–Trinajstić information content (AvgIpc) is 2.26. The summed E-state index contributed by atoms with van der Waals surface area (Å²) in [5, 5.41) is 22.7. The van der Waals surface area contributed by atoms with E-state index in [1.165, 1.54) is 6.92 Å². The molecule has 6 heteroatoms. The monoisotopic (exact) mass is 272 g/mol. The van der Waals surface area contributed by atoms with Gasteiger partial charge in [-0.25, -0.2) is 0 Å². The molecule has 0 heterocycles. The van der Waals surface area contributed by atoms with Crippen LogP contribution in [0, 0.1) is 0 Å². The molecular formula is C12H17ClN2O3. The fourth-order valence-corrected chi connectivity index (χ4v) is 1.83. The van der Waals surface area contributed by atoms with Crippen molar-refractivity contribution in [3.63, 3.8) is 0 Å². The van der Waals surface area contributed by atoms with Gasteiger partial charge in [0.2, 0.25) is 5.91 Å². The smallest absolute Gasteiger partial charge is 0.216 e. The maximum Gasteiger partial charge on any atom is 0.216 e. The van der Waals surface area contributed by atoms with Gasteiger partial charge >= 0.3 is 0 Å². The molecule has 1 amide bonds. The van der Waals surface area contributed by atoms with Gasteiger partial charge in [-0.15, -0.1) is 0 Å². The van der Waals surface area contributed by atoms with Crippen LogP contribution >= 0.6 is 11.6 Å². The van der Waals surface area contributed by atoms with Gasteiger partial charge in [0.15, 0.2) is 0 Å². The van der Waals surface area contributed by atoms with Gasteiger partial charge in [0.05, 0.1) is 6.10 Å². The molecule has 5 N–H and O–H groups in total. The summed E-state index contributed by atoms with van der Waals surface area (Å²) in [5.41, 5.74) is 6.48. The molecule has 0 saturated heterocycles. The summed E-state index contributed by atoms with van der Waals surface area (Å²) in [4.78, 5) is 10.7. The van der Waals surface area contributed by atoms with Gasteiger partial charge in [-0.05, 0) is 30.2 Å². The van der Waals surface area contributed by atoms with E-state index in [1.54, 1.807) is 18.2 Å². The first-order chi connectivity index (χ1) is 8.40. The van der Waals surface area contributed by atoms with Crippen molar-refractivity contribution in [3.05, 3.63) is 28.8 Å². The Kier molecular flexibility index (Phi) is 5.40.